The molecule has 1 aromatic carbocycles. The summed E-state index contributed by atoms with van der Waals surface area (Å²) < 4.78 is 18.9. The second kappa shape index (κ2) is 7.23. The van der Waals surface area contributed by atoms with E-state index in [9.17, 15) is 4.39 Å². The summed E-state index contributed by atoms with van der Waals surface area (Å²) in [4.78, 5) is 2.46. The van der Waals surface area contributed by atoms with Gasteiger partial charge >= 0.3 is 0 Å². The van der Waals surface area contributed by atoms with Gasteiger partial charge in [-0.3, -0.25) is 4.90 Å². The SMILES string of the molecule is CCN(C(C)c1ccc(OC)c(F)c1)C1CCCC1CN. The molecule has 0 heterocycles. The Bertz CT molecular complexity index is 466. The standard InChI is InChI=1S/C17H27FN2O/c1-4-20(16-7-5-6-14(16)11-19)12(2)13-8-9-17(21-3)15(18)10-13/h8-10,12,14,16H,4-7,11,19H2,1-3H3. The molecule has 118 valence electrons. The van der Waals surface area contributed by atoms with Crippen LogP contribution in [0.25, 0.3) is 0 Å². The van der Waals surface area contributed by atoms with E-state index in [0.717, 1.165) is 18.7 Å². The van der Waals surface area contributed by atoms with Crippen molar-refractivity contribution >= 4 is 0 Å². The molecule has 3 unspecified atom stereocenters. The number of nitrogens with two attached hydrogens (primary N) is 1. The van der Waals surface area contributed by atoms with Crippen molar-refractivity contribution in [1.82, 2.24) is 4.90 Å². The first-order chi connectivity index (χ1) is 10.1. The third-order valence-corrected chi connectivity index (χ3v) is 4.87. The Labute approximate surface area is 127 Å². The number of methoxy groups -OCH3 is 1. The first-order valence-corrected chi connectivity index (χ1v) is 7.91. The van der Waals surface area contributed by atoms with Crippen molar-refractivity contribution in [3.8, 4) is 5.75 Å². The summed E-state index contributed by atoms with van der Waals surface area (Å²) in [7, 11) is 1.49. The maximum absolute atomic E-state index is 13.9. The van der Waals surface area contributed by atoms with E-state index in [1.165, 1.54) is 26.4 Å². The molecule has 1 saturated carbocycles. The lowest BCUT2D eigenvalue weighted by Crippen LogP contribution is -2.41. The normalized spacial score (nSPS) is 23.5. The van der Waals surface area contributed by atoms with E-state index in [0.29, 0.717) is 17.7 Å². The van der Waals surface area contributed by atoms with Crippen LogP contribution in [0.4, 0.5) is 4.39 Å². The van der Waals surface area contributed by atoms with Gasteiger partial charge in [0.25, 0.3) is 0 Å². The Balaban J connectivity index is 2.19. The fourth-order valence-electron chi connectivity index (χ4n) is 3.66. The fraction of sp³-hybridized carbons (Fsp3) is 0.647. The molecule has 0 radical (unpaired) electrons. The highest BCUT2D eigenvalue weighted by Crippen LogP contribution is 2.35. The van der Waals surface area contributed by atoms with Crippen molar-refractivity contribution in [2.75, 3.05) is 20.2 Å². The fourth-order valence-corrected chi connectivity index (χ4v) is 3.66. The van der Waals surface area contributed by atoms with Gasteiger partial charge in [0.1, 0.15) is 0 Å². The van der Waals surface area contributed by atoms with Gasteiger partial charge in [0, 0.05) is 12.1 Å². The third-order valence-electron chi connectivity index (χ3n) is 4.87. The highest BCUT2D eigenvalue weighted by molar-refractivity contribution is 5.31. The van der Waals surface area contributed by atoms with Crippen molar-refractivity contribution in [2.45, 2.75) is 45.2 Å². The maximum atomic E-state index is 13.9. The quantitative estimate of drug-likeness (QED) is 0.874. The predicted octanol–water partition coefficient (Wildman–Crippen LogP) is 3.34. The first-order valence-electron chi connectivity index (χ1n) is 7.91. The van der Waals surface area contributed by atoms with Gasteiger partial charge < -0.3 is 10.5 Å². The smallest absolute Gasteiger partial charge is 0.165 e. The van der Waals surface area contributed by atoms with Crippen LogP contribution in [-0.4, -0.2) is 31.1 Å². The van der Waals surface area contributed by atoms with E-state index in [1.54, 1.807) is 12.1 Å². The van der Waals surface area contributed by atoms with Crippen LogP contribution in [0.2, 0.25) is 0 Å². The minimum atomic E-state index is -0.292. The largest absolute Gasteiger partial charge is 0.494 e. The molecule has 4 heteroatoms. The summed E-state index contributed by atoms with van der Waals surface area (Å²) in [5, 5.41) is 0. The zero-order valence-electron chi connectivity index (χ0n) is 13.3. The van der Waals surface area contributed by atoms with Gasteiger partial charge in [-0.05, 0) is 56.5 Å². The lowest BCUT2D eigenvalue weighted by atomic mass is 9.98. The van der Waals surface area contributed by atoms with Crippen LogP contribution in [-0.2, 0) is 0 Å². The van der Waals surface area contributed by atoms with Gasteiger partial charge in [0.05, 0.1) is 7.11 Å². The molecular weight excluding hydrogens is 267 g/mol. The second-order valence-electron chi connectivity index (χ2n) is 5.89. The molecule has 0 bridgehead atoms. The minimum Gasteiger partial charge on any atom is -0.494 e. The zero-order valence-corrected chi connectivity index (χ0v) is 13.3. The average molecular weight is 294 g/mol. The zero-order chi connectivity index (χ0) is 15.4. The number of rotatable bonds is 6. The van der Waals surface area contributed by atoms with Gasteiger partial charge in [-0.2, -0.15) is 0 Å². The number of halogens is 1. The summed E-state index contributed by atoms with van der Waals surface area (Å²) in [6.45, 7) is 6.01. The van der Waals surface area contributed by atoms with E-state index < -0.39 is 0 Å². The minimum absolute atomic E-state index is 0.188. The molecule has 0 amide bonds. The van der Waals surface area contributed by atoms with Crippen LogP contribution >= 0.6 is 0 Å². The Morgan fingerprint density at radius 2 is 2.19 bits per heavy atom. The molecule has 3 atom stereocenters. The lowest BCUT2D eigenvalue weighted by Gasteiger charge is -2.37. The van der Waals surface area contributed by atoms with Crippen molar-refractivity contribution in [2.24, 2.45) is 11.7 Å². The van der Waals surface area contributed by atoms with Gasteiger partial charge in [0.15, 0.2) is 11.6 Å². The molecule has 0 spiro atoms. The van der Waals surface area contributed by atoms with Crippen molar-refractivity contribution < 1.29 is 9.13 Å². The Hall–Kier alpha value is -1.13. The monoisotopic (exact) mass is 294 g/mol. The molecule has 2 rings (SSSR count). The summed E-state index contributed by atoms with van der Waals surface area (Å²) >= 11 is 0. The number of hydrogen-bond acceptors (Lipinski definition) is 3. The topological polar surface area (TPSA) is 38.5 Å². The van der Waals surface area contributed by atoms with E-state index >= 15 is 0 Å². The van der Waals surface area contributed by atoms with E-state index in [4.69, 9.17) is 10.5 Å². The Kier molecular flexibility index (Phi) is 5.59. The molecule has 3 nitrogen and oxygen atoms in total. The maximum Gasteiger partial charge on any atom is 0.165 e. The summed E-state index contributed by atoms with van der Waals surface area (Å²) in [5.74, 6) is 0.574. The van der Waals surface area contributed by atoms with Gasteiger partial charge in [-0.15, -0.1) is 0 Å². The predicted molar refractivity (Wildman–Crippen MR) is 83.9 cm³/mol. The molecule has 1 aliphatic rings. The molecule has 0 saturated heterocycles. The number of hydrogen-bond donors (Lipinski definition) is 1. The van der Waals surface area contributed by atoms with Gasteiger partial charge in [0.2, 0.25) is 0 Å². The van der Waals surface area contributed by atoms with Crippen LogP contribution in [0.3, 0.4) is 0 Å². The highest BCUT2D eigenvalue weighted by Gasteiger charge is 2.33. The van der Waals surface area contributed by atoms with E-state index in [1.807, 2.05) is 6.07 Å². The number of benzene rings is 1. The molecule has 21 heavy (non-hydrogen) atoms. The molecular formula is C17H27FN2O. The Morgan fingerprint density at radius 3 is 2.76 bits per heavy atom. The van der Waals surface area contributed by atoms with E-state index in [-0.39, 0.29) is 11.9 Å². The highest BCUT2D eigenvalue weighted by atomic mass is 19.1. The van der Waals surface area contributed by atoms with Crippen LogP contribution < -0.4 is 10.5 Å². The summed E-state index contributed by atoms with van der Waals surface area (Å²) in [5.41, 5.74) is 6.91. The van der Waals surface area contributed by atoms with Crippen LogP contribution in [0, 0.1) is 11.7 Å². The average Bonchev–Trinajstić information content (AvgIpc) is 2.96. The number of ether oxygens (including phenoxy) is 1. The van der Waals surface area contributed by atoms with Crippen molar-refractivity contribution in [3.63, 3.8) is 0 Å². The summed E-state index contributed by atoms with van der Waals surface area (Å²) in [6, 6.07) is 5.97. The van der Waals surface area contributed by atoms with Crippen LogP contribution in [0.15, 0.2) is 18.2 Å². The summed E-state index contributed by atoms with van der Waals surface area (Å²) in [6.07, 6.45) is 3.65. The molecule has 0 aliphatic heterocycles. The molecule has 1 fully saturated rings. The van der Waals surface area contributed by atoms with Crippen LogP contribution in [0.1, 0.15) is 44.7 Å². The number of nitrogens with zero attached hydrogens (tertiary/aromatic N) is 1. The first kappa shape index (κ1) is 16.2. The molecule has 1 aliphatic carbocycles. The lowest BCUT2D eigenvalue weighted by molar-refractivity contribution is 0.123. The molecule has 1 aromatic rings. The van der Waals surface area contributed by atoms with Crippen molar-refractivity contribution in [3.05, 3.63) is 29.6 Å². The van der Waals surface area contributed by atoms with Gasteiger partial charge in [-0.25, -0.2) is 4.39 Å². The molecule has 0 aromatic heterocycles. The Morgan fingerprint density at radius 1 is 1.43 bits per heavy atom. The van der Waals surface area contributed by atoms with E-state index in [2.05, 4.69) is 18.7 Å². The second-order valence-corrected chi connectivity index (χ2v) is 5.89. The molecule has 2 N–H and O–H groups in total. The van der Waals surface area contributed by atoms with Gasteiger partial charge in [-0.1, -0.05) is 19.4 Å². The van der Waals surface area contributed by atoms with Crippen molar-refractivity contribution in [1.29, 1.82) is 0 Å². The van der Waals surface area contributed by atoms with Crippen LogP contribution in [0.5, 0.6) is 5.75 Å². The third kappa shape index (κ3) is 3.38.